The molecule has 6 heteroatoms. The summed E-state index contributed by atoms with van der Waals surface area (Å²) < 4.78 is 0. The van der Waals surface area contributed by atoms with Gasteiger partial charge in [0.25, 0.3) is 5.91 Å². The Labute approximate surface area is 122 Å². The number of hydrogen-bond donors (Lipinski definition) is 1. The summed E-state index contributed by atoms with van der Waals surface area (Å²) in [4.78, 5) is 27.8. The number of anilines is 1. The van der Waals surface area contributed by atoms with E-state index in [0.29, 0.717) is 17.3 Å². The Morgan fingerprint density at radius 3 is 2.45 bits per heavy atom. The molecule has 2 saturated heterocycles. The number of hydrogen-bond acceptors (Lipinski definition) is 3. The van der Waals surface area contributed by atoms with E-state index in [1.807, 2.05) is 0 Å². The third-order valence-corrected chi connectivity index (χ3v) is 4.00. The lowest BCUT2D eigenvalue weighted by molar-refractivity contribution is -0.118. The van der Waals surface area contributed by atoms with E-state index in [1.54, 1.807) is 24.3 Å². The van der Waals surface area contributed by atoms with Crippen LogP contribution in [0.5, 0.6) is 0 Å². The van der Waals surface area contributed by atoms with Gasteiger partial charge in [-0.3, -0.25) is 4.79 Å². The molecule has 0 saturated carbocycles. The first kappa shape index (κ1) is 13.4. The number of benzene rings is 1. The first-order valence-electron chi connectivity index (χ1n) is 6.77. The molecule has 1 unspecified atom stereocenters. The number of carbonyl (C=O) groups is 2. The van der Waals surface area contributed by atoms with Gasteiger partial charge in [0, 0.05) is 11.6 Å². The van der Waals surface area contributed by atoms with Crippen molar-refractivity contribution in [3.05, 3.63) is 29.3 Å². The van der Waals surface area contributed by atoms with Crippen LogP contribution in [0.25, 0.3) is 0 Å². The van der Waals surface area contributed by atoms with E-state index in [0.717, 1.165) is 25.9 Å². The maximum Gasteiger partial charge on any atom is 0.329 e. The first-order chi connectivity index (χ1) is 9.65. The molecule has 2 aliphatic heterocycles. The average Bonchev–Trinajstić information content (AvgIpc) is 3.02. The molecule has 1 atom stereocenters. The second-order valence-corrected chi connectivity index (χ2v) is 5.60. The van der Waals surface area contributed by atoms with Crippen molar-refractivity contribution in [1.29, 1.82) is 0 Å². The molecule has 106 valence electrons. The Balaban J connectivity index is 1.74. The van der Waals surface area contributed by atoms with Gasteiger partial charge in [-0.15, -0.1) is 0 Å². The highest BCUT2D eigenvalue weighted by Crippen LogP contribution is 2.22. The molecule has 0 bridgehead atoms. The van der Waals surface area contributed by atoms with Crippen LogP contribution < -0.4 is 10.2 Å². The van der Waals surface area contributed by atoms with E-state index in [1.165, 1.54) is 4.90 Å². The van der Waals surface area contributed by atoms with E-state index in [2.05, 4.69) is 10.2 Å². The van der Waals surface area contributed by atoms with Gasteiger partial charge < -0.3 is 10.2 Å². The number of likely N-dealkylation sites (tertiary alicyclic amines) is 1. The minimum Gasteiger partial charge on any atom is -0.324 e. The van der Waals surface area contributed by atoms with Crippen molar-refractivity contribution < 1.29 is 9.59 Å². The molecule has 5 nitrogen and oxygen atoms in total. The SMILES string of the molecule is O=C1NC(CN2CCCC2)C(=O)N1c1ccc(Cl)cc1. The van der Waals surface area contributed by atoms with E-state index >= 15 is 0 Å². The van der Waals surface area contributed by atoms with Crippen molar-refractivity contribution in [3.63, 3.8) is 0 Å². The third kappa shape index (κ3) is 2.51. The quantitative estimate of drug-likeness (QED) is 0.866. The number of imide groups is 1. The number of nitrogens with zero attached hydrogens (tertiary/aromatic N) is 2. The van der Waals surface area contributed by atoms with Crippen LogP contribution in [0.3, 0.4) is 0 Å². The topological polar surface area (TPSA) is 52.7 Å². The molecule has 3 amide bonds. The summed E-state index contributed by atoms with van der Waals surface area (Å²) in [6.07, 6.45) is 2.32. The molecule has 2 heterocycles. The van der Waals surface area contributed by atoms with Crippen LogP contribution in [0.15, 0.2) is 24.3 Å². The first-order valence-corrected chi connectivity index (χ1v) is 7.15. The van der Waals surface area contributed by atoms with Crippen molar-refractivity contribution in [2.45, 2.75) is 18.9 Å². The van der Waals surface area contributed by atoms with Gasteiger partial charge in [0.1, 0.15) is 6.04 Å². The van der Waals surface area contributed by atoms with Crippen LogP contribution in [0.2, 0.25) is 5.02 Å². The molecule has 0 aromatic heterocycles. The van der Waals surface area contributed by atoms with E-state index in [9.17, 15) is 9.59 Å². The van der Waals surface area contributed by atoms with Crippen molar-refractivity contribution in [1.82, 2.24) is 10.2 Å². The fourth-order valence-corrected chi connectivity index (χ4v) is 2.84. The third-order valence-electron chi connectivity index (χ3n) is 3.74. The molecule has 1 aromatic rings. The van der Waals surface area contributed by atoms with Gasteiger partial charge in [-0.1, -0.05) is 11.6 Å². The Kier molecular flexibility index (Phi) is 3.63. The molecule has 0 radical (unpaired) electrons. The van der Waals surface area contributed by atoms with Crippen LogP contribution in [0, 0.1) is 0 Å². The summed E-state index contributed by atoms with van der Waals surface area (Å²) in [6.45, 7) is 2.59. The van der Waals surface area contributed by atoms with Crippen LogP contribution in [-0.2, 0) is 4.79 Å². The van der Waals surface area contributed by atoms with E-state index < -0.39 is 6.04 Å². The largest absolute Gasteiger partial charge is 0.329 e. The van der Waals surface area contributed by atoms with Gasteiger partial charge in [0.05, 0.1) is 5.69 Å². The molecule has 3 rings (SSSR count). The predicted molar refractivity (Wildman–Crippen MR) is 76.9 cm³/mol. The summed E-state index contributed by atoms with van der Waals surface area (Å²) in [5, 5.41) is 3.33. The van der Waals surface area contributed by atoms with Gasteiger partial charge in [-0.25, -0.2) is 9.69 Å². The maximum atomic E-state index is 12.4. The Morgan fingerprint density at radius 2 is 1.80 bits per heavy atom. The lowest BCUT2D eigenvalue weighted by atomic mass is 10.2. The van der Waals surface area contributed by atoms with Crippen LogP contribution in [0.4, 0.5) is 10.5 Å². The fourth-order valence-electron chi connectivity index (χ4n) is 2.71. The lowest BCUT2D eigenvalue weighted by Crippen LogP contribution is -2.41. The van der Waals surface area contributed by atoms with Crippen LogP contribution in [0.1, 0.15) is 12.8 Å². The highest BCUT2D eigenvalue weighted by molar-refractivity contribution is 6.30. The summed E-state index contributed by atoms with van der Waals surface area (Å²) >= 11 is 5.82. The number of carbonyl (C=O) groups excluding carboxylic acids is 2. The Hall–Kier alpha value is -1.59. The highest BCUT2D eigenvalue weighted by atomic mass is 35.5. The molecule has 2 fully saturated rings. The highest BCUT2D eigenvalue weighted by Gasteiger charge is 2.39. The van der Waals surface area contributed by atoms with Crippen molar-refractivity contribution in [3.8, 4) is 0 Å². The normalized spacial score (nSPS) is 23.4. The molecule has 0 aliphatic carbocycles. The van der Waals surface area contributed by atoms with Crippen molar-refractivity contribution in [2.75, 3.05) is 24.5 Å². The zero-order valence-corrected chi connectivity index (χ0v) is 11.8. The molecule has 1 N–H and O–H groups in total. The molecule has 20 heavy (non-hydrogen) atoms. The minimum absolute atomic E-state index is 0.191. The second-order valence-electron chi connectivity index (χ2n) is 5.16. The van der Waals surface area contributed by atoms with Crippen molar-refractivity contribution in [2.24, 2.45) is 0 Å². The number of halogens is 1. The van der Waals surface area contributed by atoms with Crippen LogP contribution >= 0.6 is 11.6 Å². The van der Waals surface area contributed by atoms with Crippen molar-refractivity contribution >= 4 is 29.2 Å². The van der Waals surface area contributed by atoms with Gasteiger partial charge in [-0.2, -0.15) is 0 Å². The van der Waals surface area contributed by atoms with Gasteiger partial charge in [-0.05, 0) is 50.2 Å². The summed E-state index contributed by atoms with van der Waals surface area (Å²) in [7, 11) is 0. The maximum absolute atomic E-state index is 12.4. The zero-order chi connectivity index (χ0) is 14.1. The smallest absolute Gasteiger partial charge is 0.324 e. The molecule has 2 aliphatic rings. The Bertz CT molecular complexity index is 526. The average molecular weight is 294 g/mol. The zero-order valence-electron chi connectivity index (χ0n) is 11.0. The van der Waals surface area contributed by atoms with Crippen LogP contribution in [-0.4, -0.2) is 42.5 Å². The molecular weight excluding hydrogens is 278 g/mol. The van der Waals surface area contributed by atoms with Gasteiger partial charge in [0.2, 0.25) is 0 Å². The van der Waals surface area contributed by atoms with Gasteiger partial charge >= 0.3 is 6.03 Å². The van der Waals surface area contributed by atoms with E-state index in [-0.39, 0.29) is 11.9 Å². The standard InChI is InChI=1S/C14H16ClN3O2/c15-10-3-5-11(6-4-10)18-13(19)12(16-14(18)20)9-17-7-1-2-8-17/h3-6,12H,1-2,7-9H2,(H,16,20). The lowest BCUT2D eigenvalue weighted by Gasteiger charge is -2.18. The minimum atomic E-state index is -0.448. The fraction of sp³-hybridized carbons (Fsp3) is 0.429. The number of nitrogens with one attached hydrogen (secondary N) is 1. The van der Waals surface area contributed by atoms with Gasteiger partial charge in [0.15, 0.2) is 0 Å². The molecule has 0 spiro atoms. The Morgan fingerprint density at radius 1 is 1.15 bits per heavy atom. The monoisotopic (exact) mass is 293 g/mol. The molecular formula is C14H16ClN3O2. The number of urea groups is 1. The summed E-state index contributed by atoms with van der Waals surface area (Å²) in [6, 6.07) is 5.89. The molecule has 1 aromatic carbocycles. The van der Waals surface area contributed by atoms with E-state index in [4.69, 9.17) is 11.6 Å². The summed E-state index contributed by atoms with van der Waals surface area (Å²) in [5.41, 5.74) is 0.556. The number of rotatable bonds is 3. The number of amides is 3. The summed E-state index contributed by atoms with van der Waals surface area (Å²) in [5.74, 6) is -0.191. The predicted octanol–water partition coefficient (Wildman–Crippen LogP) is 1.86. The second kappa shape index (κ2) is 5.42.